The van der Waals surface area contributed by atoms with Crippen LogP contribution in [0.5, 0.6) is 5.75 Å². The Morgan fingerprint density at radius 2 is 2.29 bits per heavy atom. The van der Waals surface area contributed by atoms with Gasteiger partial charge in [-0.05, 0) is 50.7 Å². The number of anilines is 1. The summed E-state index contributed by atoms with van der Waals surface area (Å²) in [5.41, 5.74) is 2.83. The Kier molecular flexibility index (Phi) is 3.89. The minimum absolute atomic E-state index is 0.632. The summed E-state index contributed by atoms with van der Waals surface area (Å²) in [6, 6.07) is 6.45. The first-order valence-electron chi connectivity index (χ1n) is 6.37. The summed E-state index contributed by atoms with van der Waals surface area (Å²) in [4.78, 5) is 2.45. The molecule has 1 aliphatic heterocycles. The highest BCUT2D eigenvalue weighted by molar-refractivity contribution is 5.62. The van der Waals surface area contributed by atoms with Crippen molar-refractivity contribution in [3.63, 3.8) is 0 Å². The van der Waals surface area contributed by atoms with Gasteiger partial charge in [-0.1, -0.05) is 0 Å². The van der Waals surface area contributed by atoms with Crippen molar-refractivity contribution >= 4 is 5.69 Å². The molecule has 0 radical (unpaired) electrons. The Bertz CT molecular complexity index is 378. The maximum Gasteiger partial charge on any atom is 0.119 e. The topological polar surface area (TPSA) is 24.5 Å². The van der Waals surface area contributed by atoms with Gasteiger partial charge in [-0.2, -0.15) is 0 Å². The van der Waals surface area contributed by atoms with Gasteiger partial charge >= 0.3 is 0 Å². The quantitative estimate of drug-likeness (QED) is 0.845. The Morgan fingerprint density at radius 1 is 1.47 bits per heavy atom. The number of hydrogen-bond acceptors (Lipinski definition) is 3. The van der Waals surface area contributed by atoms with E-state index < -0.39 is 0 Å². The van der Waals surface area contributed by atoms with Crippen LogP contribution in [0.3, 0.4) is 0 Å². The molecule has 0 fully saturated rings. The smallest absolute Gasteiger partial charge is 0.119 e. The molecule has 1 heterocycles. The second-order valence-electron chi connectivity index (χ2n) is 4.55. The van der Waals surface area contributed by atoms with Crippen molar-refractivity contribution in [2.24, 2.45) is 0 Å². The van der Waals surface area contributed by atoms with E-state index in [1.807, 2.05) is 7.05 Å². The summed E-state index contributed by atoms with van der Waals surface area (Å²) in [7, 11) is 3.75. The molecule has 0 amide bonds. The van der Waals surface area contributed by atoms with Crippen LogP contribution in [0.4, 0.5) is 5.69 Å². The number of fused-ring (bicyclic) bond motifs is 1. The van der Waals surface area contributed by atoms with Gasteiger partial charge in [-0.25, -0.2) is 0 Å². The SMILES string of the molecule is CCN1CC(CCNC)c2cc(OC)ccc21. The van der Waals surface area contributed by atoms with Gasteiger partial charge in [0.2, 0.25) is 0 Å². The largest absolute Gasteiger partial charge is 0.497 e. The molecule has 0 bridgehead atoms. The standard InChI is InChI=1S/C14H22N2O/c1-4-16-10-11(7-8-15-2)13-9-12(17-3)5-6-14(13)16/h5-6,9,11,15H,4,7-8,10H2,1-3H3. The van der Waals surface area contributed by atoms with Crippen LogP contribution >= 0.6 is 0 Å². The molecule has 0 saturated heterocycles. The van der Waals surface area contributed by atoms with Crippen LogP contribution < -0.4 is 15.0 Å². The molecule has 1 aliphatic rings. The number of nitrogens with one attached hydrogen (secondary N) is 1. The van der Waals surface area contributed by atoms with E-state index in [9.17, 15) is 0 Å². The lowest BCUT2D eigenvalue weighted by Crippen LogP contribution is -2.22. The number of ether oxygens (including phenoxy) is 1. The molecule has 1 aromatic rings. The maximum atomic E-state index is 5.33. The lowest BCUT2D eigenvalue weighted by Gasteiger charge is -2.17. The van der Waals surface area contributed by atoms with E-state index in [1.54, 1.807) is 7.11 Å². The molecule has 94 valence electrons. The third kappa shape index (κ3) is 2.39. The van der Waals surface area contributed by atoms with Gasteiger partial charge in [-0.3, -0.25) is 0 Å². The van der Waals surface area contributed by atoms with Crippen LogP contribution in [0.25, 0.3) is 0 Å². The van der Waals surface area contributed by atoms with Crippen LogP contribution in [0.2, 0.25) is 0 Å². The van der Waals surface area contributed by atoms with Crippen LogP contribution in [0.1, 0.15) is 24.8 Å². The first kappa shape index (κ1) is 12.2. The number of nitrogens with zero attached hydrogens (tertiary/aromatic N) is 1. The second kappa shape index (κ2) is 5.41. The summed E-state index contributed by atoms with van der Waals surface area (Å²) in [5, 5.41) is 3.24. The molecule has 1 unspecified atom stereocenters. The highest BCUT2D eigenvalue weighted by atomic mass is 16.5. The van der Waals surface area contributed by atoms with Crippen LogP contribution in [-0.2, 0) is 0 Å². The Labute approximate surface area is 104 Å². The van der Waals surface area contributed by atoms with Gasteiger partial charge in [-0.15, -0.1) is 0 Å². The molecule has 0 aromatic heterocycles. The molecule has 1 aromatic carbocycles. The van der Waals surface area contributed by atoms with Gasteiger partial charge in [0.15, 0.2) is 0 Å². The number of hydrogen-bond donors (Lipinski definition) is 1. The van der Waals surface area contributed by atoms with E-state index in [4.69, 9.17) is 4.74 Å². The van der Waals surface area contributed by atoms with E-state index in [0.29, 0.717) is 5.92 Å². The normalized spacial score (nSPS) is 18.3. The van der Waals surface area contributed by atoms with Crippen molar-refractivity contribution in [1.29, 1.82) is 0 Å². The molecule has 2 rings (SSSR count). The molecule has 0 spiro atoms. The number of methoxy groups -OCH3 is 1. The zero-order valence-electron chi connectivity index (χ0n) is 11.0. The van der Waals surface area contributed by atoms with Gasteiger partial charge in [0.05, 0.1) is 7.11 Å². The van der Waals surface area contributed by atoms with Crippen LogP contribution in [0, 0.1) is 0 Å². The van der Waals surface area contributed by atoms with E-state index in [-0.39, 0.29) is 0 Å². The fraction of sp³-hybridized carbons (Fsp3) is 0.571. The predicted octanol–water partition coefficient (Wildman–Crippen LogP) is 2.23. The minimum Gasteiger partial charge on any atom is -0.497 e. The molecule has 0 saturated carbocycles. The van der Waals surface area contributed by atoms with Gasteiger partial charge in [0.1, 0.15) is 5.75 Å². The van der Waals surface area contributed by atoms with Gasteiger partial charge in [0, 0.05) is 24.7 Å². The summed E-state index contributed by atoms with van der Waals surface area (Å²) >= 11 is 0. The first-order valence-corrected chi connectivity index (χ1v) is 6.37. The monoisotopic (exact) mass is 234 g/mol. The van der Waals surface area contributed by atoms with Gasteiger partial charge in [0.25, 0.3) is 0 Å². The van der Waals surface area contributed by atoms with Gasteiger partial charge < -0.3 is 15.0 Å². The molecule has 17 heavy (non-hydrogen) atoms. The number of rotatable bonds is 5. The number of likely N-dealkylation sites (N-methyl/N-ethyl adjacent to an activating group) is 1. The molecule has 1 N–H and O–H groups in total. The third-order valence-corrected chi connectivity index (χ3v) is 3.58. The van der Waals surface area contributed by atoms with Crippen molar-refractivity contribution in [1.82, 2.24) is 5.32 Å². The van der Waals surface area contributed by atoms with Crippen molar-refractivity contribution in [3.8, 4) is 5.75 Å². The van der Waals surface area contributed by atoms with Crippen molar-refractivity contribution in [2.45, 2.75) is 19.3 Å². The lowest BCUT2D eigenvalue weighted by molar-refractivity contribution is 0.414. The lowest BCUT2D eigenvalue weighted by atomic mass is 9.98. The first-order chi connectivity index (χ1) is 8.30. The van der Waals surface area contributed by atoms with E-state index in [1.165, 1.54) is 17.7 Å². The highest BCUT2D eigenvalue weighted by Gasteiger charge is 2.27. The Hall–Kier alpha value is -1.22. The molecular formula is C14H22N2O. The average Bonchev–Trinajstić information content (AvgIpc) is 2.73. The molecule has 1 atom stereocenters. The Morgan fingerprint density at radius 3 is 2.94 bits per heavy atom. The van der Waals surface area contributed by atoms with Crippen LogP contribution in [0.15, 0.2) is 18.2 Å². The summed E-state index contributed by atoms with van der Waals surface area (Å²) in [5.74, 6) is 1.60. The fourth-order valence-corrected chi connectivity index (χ4v) is 2.60. The predicted molar refractivity (Wildman–Crippen MR) is 72.2 cm³/mol. The van der Waals surface area contributed by atoms with E-state index in [2.05, 4.69) is 35.3 Å². The molecule has 3 heteroatoms. The summed E-state index contributed by atoms with van der Waals surface area (Å²) < 4.78 is 5.33. The third-order valence-electron chi connectivity index (χ3n) is 3.58. The van der Waals surface area contributed by atoms with E-state index in [0.717, 1.165) is 25.4 Å². The van der Waals surface area contributed by atoms with Crippen LogP contribution in [-0.4, -0.2) is 33.8 Å². The highest BCUT2D eigenvalue weighted by Crippen LogP contribution is 2.39. The maximum absolute atomic E-state index is 5.33. The minimum atomic E-state index is 0.632. The summed E-state index contributed by atoms with van der Waals surface area (Å²) in [6.07, 6.45) is 1.19. The fourth-order valence-electron chi connectivity index (χ4n) is 2.60. The zero-order valence-corrected chi connectivity index (χ0v) is 11.0. The second-order valence-corrected chi connectivity index (χ2v) is 4.55. The van der Waals surface area contributed by atoms with Crippen molar-refractivity contribution < 1.29 is 4.74 Å². The zero-order chi connectivity index (χ0) is 12.3. The molecule has 0 aliphatic carbocycles. The Balaban J connectivity index is 2.25. The van der Waals surface area contributed by atoms with E-state index >= 15 is 0 Å². The summed E-state index contributed by atoms with van der Waals surface area (Å²) in [6.45, 7) is 5.50. The van der Waals surface area contributed by atoms with Crippen molar-refractivity contribution in [3.05, 3.63) is 23.8 Å². The molecular weight excluding hydrogens is 212 g/mol. The average molecular weight is 234 g/mol. The van der Waals surface area contributed by atoms with Crippen molar-refractivity contribution in [2.75, 3.05) is 38.7 Å². The number of benzene rings is 1. The molecule has 3 nitrogen and oxygen atoms in total.